The molecule has 0 saturated carbocycles. The van der Waals surface area contributed by atoms with Crippen molar-refractivity contribution in [1.82, 2.24) is 30.6 Å². The summed E-state index contributed by atoms with van der Waals surface area (Å²) in [5.74, 6) is 1.53. The molecule has 0 aliphatic carbocycles. The highest BCUT2D eigenvalue weighted by atomic mass is 32.2. The molecule has 0 radical (unpaired) electrons. The van der Waals surface area contributed by atoms with Crippen LogP contribution in [-0.2, 0) is 11.3 Å². The van der Waals surface area contributed by atoms with E-state index in [2.05, 4.69) is 53.7 Å². The summed E-state index contributed by atoms with van der Waals surface area (Å²) in [6, 6.07) is 10.1. The molecule has 2 aromatic heterocycles. The Morgan fingerprint density at radius 2 is 1.87 bits per heavy atom. The monoisotopic (exact) mass is 530 g/mol. The van der Waals surface area contributed by atoms with E-state index in [-0.39, 0.29) is 11.1 Å². The standard InChI is InChI=1S/C27H30N8O2S/c1-34(2)25-30-16-20(17-31-25)22-6-4-3-5-19(22)15-28-14-18-8-11-35(12-9-18)26-29-10-7-21(32-26)13-23-24(36)33-27(37)38-23/h3-7,10,13,16-18,28H,8-9,11-12,14-15H2,1-2H3,(H,33,36,37). The fraction of sp³-hybridized carbons (Fsp3) is 0.333. The highest BCUT2D eigenvalue weighted by Gasteiger charge is 2.26. The van der Waals surface area contributed by atoms with Crippen molar-refractivity contribution in [3.8, 4) is 11.1 Å². The number of rotatable bonds is 8. The van der Waals surface area contributed by atoms with Gasteiger partial charge in [0.05, 0.1) is 10.6 Å². The van der Waals surface area contributed by atoms with E-state index in [4.69, 9.17) is 0 Å². The molecular formula is C27H30N8O2S. The molecule has 0 bridgehead atoms. The minimum absolute atomic E-state index is 0.351. The van der Waals surface area contributed by atoms with E-state index in [1.54, 1.807) is 18.3 Å². The van der Waals surface area contributed by atoms with Crippen LogP contribution >= 0.6 is 11.8 Å². The van der Waals surface area contributed by atoms with Gasteiger partial charge in [-0.1, -0.05) is 24.3 Å². The Labute approximate surface area is 226 Å². The summed E-state index contributed by atoms with van der Waals surface area (Å²) in [6.45, 7) is 3.45. The number of carbonyl (C=O) groups is 2. The van der Waals surface area contributed by atoms with Crippen molar-refractivity contribution >= 4 is 40.9 Å². The van der Waals surface area contributed by atoms with Crippen LogP contribution in [0.2, 0.25) is 0 Å². The molecule has 2 fully saturated rings. The summed E-state index contributed by atoms with van der Waals surface area (Å²) < 4.78 is 0. The number of nitrogens with zero attached hydrogens (tertiary/aromatic N) is 6. The Kier molecular flexibility index (Phi) is 7.94. The molecule has 0 unspecified atom stereocenters. The number of aromatic nitrogens is 4. The average Bonchev–Trinajstić information content (AvgIpc) is 3.25. The predicted molar refractivity (Wildman–Crippen MR) is 150 cm³/mol. The number of carbonyl (C=O) groups excluding carboxylic acids is 2. The van der Waals surface area contributed by atoms with Gasteiger partial charge < -0.3 is 15.1 Å². The molecule has 2 aliphatic rings. The predicted octanol–water partition coefficient (Wildman–Crippen LogP) is 3.33. The van der Waals surface area contributed by atoms with Gasteiger partial charge in [0.1, 0.15) is 0 Å². The van der Waals surface area contributed by atoms with E-state index in [9.17, 15) is 9.59 Å². The summed E-state index contributed by atoms with van der Waals surface area (Å²) in [6.07, 6.45) is 9.16. The van der Waals surface area contributed by atoms with Crippen LogP contribution < -0.4 is 20.4 Å². The van der Waals surface area contributed by atoms with Crippen molar-refractivity contribution in [2.45, 2.75) is 19.4 Å². The summed E-state index contributed by atoms with van der Waals surface area (Å²) >= 11 is 0.890. The lowest BCUT2D eigenvalue weighted by atomic mass is 9.96. The van der Waals surface area contributed by atoms with Gasteiger partial charge in [-0.25, -0.2) is 19.9 Å². The fourth-order valence-electron chi connectivity index (χ4n) is 4.55. The lowest BCUT2D eigenvalue weighted by Gasteiger charge is -2.32. The fourth-order valence-corrected chi connectivity index (χ4v) is 5.21. The van der Waals surface area contributed by atoms with Gasteiger partial charge in [0.15, 0.2) is 0 Å². The van der Waals surface area contributed by atoms with Crippen LogP contribution in [0.5, 0.6) is 0 Å². The van der Waals surface area contributed by atoms with E-state index < -0.39 is 0 Å². The molecule has 3 aromatic rings. The van der Waals surface area contributed by atoms with Gasteiger partial charge in [0, 0.05) is 57.9 Å². The zero-order valence-electron chi connectivity index (χ0n) is 21.4. The van der Waals surface area contributed by atoms with Crippen molar-refractivity contribution in [1.29, 1.82) is 0 Å². The second-order valence-corrected chi connectivity index (χ2v) is 10.5. The number of amides is 2. The van der Waals surface area contributed by atoms with Crippen LogP contribution in [-0.4, -0.2) is 64.8 Å². The second-order valence-electron chi connectivity index (χ2n) is 9.52. The number of thioether (sulfide) groups is 1. The average molecular weight is 531 g/mol. The van der Waals surface area contributed by atoms with E-state index in [0.717, 1.165) is 61.9 Å². The maximum absolute atomic E-state index is 11.8. The molecule has 2 saturated heterocycles. The third kappa shape index (κ3) is 6.17. The van der Waals surface area contributed by atoms with Gasteiger partial charge in [0.2, 0.25) is 11.9 Å². The molecular weight excluding hydrogens is 500 g/mol. The first-order valence-corrected chi connectivity index (χ1v) is 13.4. The molecule has 38 heavy (non-hydrogen) atoms. The quantitative estimate of drug-likeness (QED) is 0.420. The first-order valence-electron chi connectivity index (χ1n) is 12.6. The van der Waals surface area contributed by atoms with Crippen LogP contribution in [0.1, 0.15) is 24.1 Å². The summed E-state index contributed by atoms with van der Waals surface area (Å²) in [5, 5.41) is 5.55. The molecule has 4 heterocycles. The number of hydrogen-bond acceptors (Lipinski definition) is 10. The number of imide groups is 1. The third-order valence-electron chi connectivity index (χ3n) is 6.60. The highest BCUT2D eigenvalue weighted by molar-refractivity contribution is 8.18. The molecule has 1 aromatic carbocycles. The van der Waals surface area contributed by atoms with Crippen molar-refractivity contribution in [3.05, 3.63) is 65.1 Å². The molecule has 2 aliphatic heterocycles. The largest absolute Gasteiger partial charge is 0.347 e. The Morgan fingerprint density at radius 3 is 2.58 bits per heavy atom. The Balaban J connectivity index is 1.13. The smallest absolute Gasteiger partial charge is 0.290 e. The number of hydrogen-bond donors (Lipinski definition) is 2. The first kappa shape index (κ1) is 25.8. The SMILES string of the molecule is CN(C)c1ncc(-c2ccccc2CNCC2CCN(c3nccc(C=C4SC(=O)NC4=O)n3)CC2)cn1. The van der Waals surface area contributed by atoms with E-state index in [1.165, 1.54) is 5.56 Å². The van der Waals surface area contributed by atoms with Gasteiger partial charge in [-0.05, 0) is 60.3 Å². The highest BCUT2D eigenvalue weighted by Crippen LogP contribution is 2.27. The van der Waals surface area contributed by atoms with Crippen molar-refractivity contribution in [2.75, 3.05) is 43.5 Å². The Morgan fingerprint density at radius 1 is 1.11 bits per heavy atom. The van der Waals surface area contributed by atoms with E-state index in [1.807, 2.05) is 37.5 Å². The maximum Gasteiger partial charge on any atom is 0.290 e. The molecule has 10 nitrogen and oxygen atoms in total. The normalized spacial score (nSPS) is 17.2. The zero-order chi connectivity index (χ0) is 26.5. The number of anilines is 2. The molecule has 2 N–H and O–H groups in total. The zero-order valence-corrected chi connectivity index (χ0v) is 22.2. The van der Waals surface area contributed by atoms with Crippen molar-refractivity contribution in [2.24, 2.45) is 5.92 Å². The lowest BCUT2D eigenvalue weighted by molar-refractivity contribution is -0.115. The first-order chi connectivity index (χ1) is 18.5. The molecule has 0 atom stereocenters. The second kappa shape index (κ2) is 11.7. The maximum atomic E-state index is 11.8. The Bertz CT molecular complexity index is 1340. The summed E-state index contributed by atoms with van der Waals surface area (Å²) in [5.41, 5.74) is 4.00. The number of benzene rings is 1. The summed E-state index contributed by atoms with van der Waals surface area (Å²) in [7, 11) is 3.86. The molecule has 196 valence electrons. The minimum atomic E-state index is -0.383. The molecule has 5 rings (SSSR count). The van der Waals surface area contributed by atoms with Crippen LogP contribution in [0.25, 0.3) is 17.2 Å². The number of piperidine rings is 1. The van der Waals surface area contributed by atoms with Crippen LogP contribution in [0.3, 0.4) is 0 Å². The van der Waals surface area contributed by atoms with Gasteiger partial charge in [-0.15, -0.1) is 0 Å². The minimum Gasteiger partial charge on any atom is -0.347 e. The van der Waals surface area contributed by atoms with Crippen LogP contribution in [0, 0.1) is 5.92 Å². The van der Waals surface area contributed by atoms with Gasteiger partial charge in [-0.3, -0.25) is 14.9 Å². The molecule has 0 spiro atoms. The van der Waals surface area contributed by atoms with E-state index in [0.29, 0.717) is 28.4 Å². The van der Waals surface area contributed by atoms with Gasteiger partial charge in [0.25, 0.3) is 11.1 Å². The van der Waals surface area contributed by atoms with Crippen LogP contribution in [0.4, 0.5) is 16.7 Å². The van der Waals surface area contributed by atoms with Gasteiger partial charge in [-0.2, -0.15) is 0 Å². The van der Waals surface area contributed by atoms with E-state index >= 15 is 0 Å². The Hall–Kier alpha value is -3.83. The topological polar surface area (TPSA) is 116 Å². The van der Waals surface area contributed by atoms with Crippen molar-refractivity contribution < 1.29 is 9.59 Å². The summed E-state index contributed by atoms with van der Waals surface area (Å²) in [4.78, 5) is 45.6. The van der Waals surface area contributed by atoms with Gasteiger partial charge >= 0.3 is 0 Å². The third-order valence-corrected chi connectivity index (χ3v) is 7.41. The van der Waals surface area contributed by atoms with Crippen molar-refractivity contribution in [3.63, 3.8) is 0 Å². The lowest BCUT2D eigenvalue weighted by Crippen LogP contribution is -2.38. The van der Waals surface area contributed by atoms with Crippen LogP contribution in [0.15, 0.2) is 53.8 Å². The molecule has 11 heteroatoms. The number of nitrogens with one attached hydrogen (secondary N) is 2. The molecule has 2 amide bonds.